The number of rotatable bonds is 4. The topological polar surface area (TPSA) is 64.5 Å². The highest BCUT2D eigenvalue weighted by Crippen LogP contribution is 2.43. The maximum absolute atomic E-state index is 9.51. The van der Waals surface area contributed by atoms with E-state index in [1.165, 1.54) is 5.56 Å². The van der Waals surface area contributed by atoms with Gasteiger partial charge in [-0.05, 0) is 25.3 Å². The number of hydrogen-bond donors (Lipinski definition) is 2. The smallest absolute Gasteiger partial charge is 0.0852 e. The van der Waals surface area contributed by atoms with Crippen LogP contribution in [0.2, 0.25) is 0 Å². The predicted molar refractivity (Wildman–Crippen MR) is 76.9 cm³/mol. The van der Waals surface area contributed by atoms with Crippen LogP contribution in [0.5, 0.6) is 0 Å². The largest absolute Gasteiger partial charge is 0.310 e. The Balaban J connectivity index is 1.60. The Morgan fingerprint density at radius 1 is 1.40 bits per heavy atom. The molecule has 0 spiro atoms. The SMILES string of the molecule is Cc1[nH]ncc1CNC1CC(C#N)(c2ccccc2)C1. The van der Waals surface area contributed by atoms with Gasteiger partial charge in [-0.3, -0.25) is 5.10 Å². The lowest BCUT2D eigenvalue weighted by Crippen LogP contribution is -2.50. The van der Waals surface area contributed by atoms with E-state index >= 15 is 0 Å². The molecule has 0 bridgehead atoms. The number of nitrogens with zero attached hydrogens (tertiary/aromatic N) is 2. The fourth-order valence-electron chi connectivity index (χ4n) is 2.88. The Hall–Kier alpha value is -2.12. The molecular formula is C16H18N4. The van der Waals surface area contributed by atoms with Gasteiger partial charge in [0.2, 0.25) is 0 Å². The van der Waals surface area contributed by atoms with Crippen molar-refractivity contribution >= 4 is 0 Å². The predicted octanol–water partition coefficient (Wildman–Crippen LogP) is 2.43. The van der Waals surface area contributed by atoms with Crippen molar-refractivity contribution in [3.63, 3.8) is 0 Å². The zero-order valence-electron chi connectivity index (χ0n) is 11.6. The monoisotopic (exact) mass is 266 g/mol. The summed E-state index contributed by atoms with van der Waals surface area (Å²) in [6.45, 7) is 2.83. The maximum atomic E-state index is 9.51. The summed E-state index contributed by atoms with van der Waals surface area (Å²) >= 11 is 0. The van der Waals surface area contributed by atoms with Crippen LogP contribution in [0.3, 0.4) is 0 Å². The molecule has 0 atom stereocenters. The first-order chi connectivity index (χ1) is 9.73. The molecule has 1 aliphatic rings. The van der Waals surface area contributed by atoms with Crippen molar-refractivity contribution in [2.45, 2.75) is 37.8 Å². The second-order valence-electron chi connectivity index (χ2n) is 5.57. The van der Waals surface area contributed by atoms with Crippen molar-refractivity contribution in [3.8, 4) is 6.07 Å². The van der Waals surface area contributed by atoms with E-state index < -0.39 is 0 Å². The molecular weight excluding hydrogens is 248 g/mol. The van der Waals surface area contributed by atoms with Crippen molar-refractivity contribution in [2.24, 2.45) is 0 Å². The van der Waals surface area contributed by atoms with Crippen molar-refractivity contribution < 1.29 is 0 Å². The normalized spacial score (nSPS) is 24.9. The van der Waals surface area contributed by atoms with Crippen LogP contribution in [0, 0.1) is 18.3 Å². The third kappa shape index (κ3) is 2.21. The van der Waals surface area contributed by atoms with Crippen LogP contribution in [0.25, 0.3) is 0 Å². The average Bonchev–Trinajstić information content (AvgIpc) is 2.84. The summed E-state index contributed by atoms with van der Waals surface area (Å²) in [5.74, 6) is 0. The number of nitriles is 1. The van der Waals surface area contributed by atoms with E-state index in [9.17, 15) is 5.26 Å². The van der Waals surface area contributed by atoms with Crippen molar-refractivity contribution in [1.29, 1.82) is 5.26 Å². The number of aromatic nitrogens is 2. The average molecular weight is 266 g/mol. The number of aromatic amines is 1. The Morgan fingerprint density at radius 2 is 2.15 bits per heavy atom. The van der Waals surface area contributed by atoms with E-state index in [1.54, 1.807) is 0 Å². The number of benzene rings is 1. The number of H-pyrrole nitrogens is 1. The van der Waals surface area contributed by atoms with Gasteiger partial charge in [0.05, 0.1) is 17.7 Å². The van der Waals surface area contributed by atoms with E-state index in [0.29, 0.717) is 6.04 Å². The minimum Gasteiger partial charge on any atom is -0.310 e. The number of aryl methyl sites for hydroxylation is 1. The van der Waals surface area contributed by atoms with E-state index in [4.69, 9.17) is 0 Å². The molecule has 4 nitrogen and oxygen atoms in total. The van der Waals surface area contributed by atoms with Crippen molar-refractivity contribution in [3.05, 3.63) is 53.3 Å². The molecule has 2 aromatic rings. The van der Waals surface area contributed by atoms with Crippen LogP contribution in [0.4, 0.5) is 0 Å². The second-order valence-corrected chi connectivity index (χ2v) is 5.57. The number of hydrogen-bond acceptors (Lipinski definition) is 3. The minimum atomic E-state index is -0.301. The zero-order chi connectivity index (χ0) is 14.0. The molecule has 3 rings (SSSR count). The van der Waals surface area contributed by atoms with Crippen LogP contribution in [0.1, 0.15) is 29.7 Å². The Labute approximate surface area is 118 Å². The van der Waals surface area contributed by atoms with Gasteiger partial charge >= 0.3 is 0 Å². The van der Waals surface area contributed by atoms with Crippen molar-refractivity contribution in [2.75, 3.05) is 0 Å². The summed E-state index contributed by atoms with van der Waals surface area (Å²) in [5, 5.41) is 20.0. The van der Waals surface area contributed by atoms with Gasteiger partial charge in [-0.15, -0.1) is 0 Å². The molecule has 102 valence electrons. The molecule has 0 radical (unpaired) electrons. The molecule has 0 amide bonds. The van der Waals surface area contributed by atoms with Crippen molar-refractivity contribution in [1.82, 2.24) is 15.5 Å². The second kappa shape index (κ2) is 5.10. The molecule has 1 heterocycles. The summed E-state index contributed by atoms with van der Waals surface area (Å²) in [6, 6.07) is 13.0. The standard InChI is InChI=1S/C16H18N4/c1-12-13(10-19-20-12)9-18-15-7-16(8-15,11-17)14-5-3-2-4-6-14/h2-6,10,15,18H,7-9H2,1H3,(H,19,20). The lowest BCUT2D eigenvalue weighted by atomic mass is 9.62. The van der Waals surface area contributed by atoms with Crippen LogP contribution in [-0.2, 0) is 12.0 Å². The van der Waals surface area contributed by atoms with Gasteiger partial charge in [0.15, 0.2) is 0 Å². The highest BCUT2D eigenvalue weighted by molar-refractivity contribution is 5.37. The molecule has 1 aromatic heterocycles. The summed E-state index contributed by atoms with van der Waals surface area (Å²) in [6.07, 6.45) is 3.62. The summed E-state index contributed by atoms with van der Waals surface area (Å²) < 4.78 is 0. The lowest BCUT2D eigenvalue weighted by Gasteiger charge is -2.43. The fraction of sp³-hybridized carbons (Fsp3) is 0.375. The quantitative estimate of drug-likeness (QED) is 0.893. The van der Waals surface area contributed by atoms with E-state index in [1.807, 2.05) is 31.3 Å². The van der Waals surface area contributed by atoms with Gasteiger partial charge in [0, 0.05) is 23.8 Å². The Kier molecular flexibility index (Phi) is 3.29. The van der Waals surface area contributed by atoms with Gasteiger partial charge in [0.25, 0.3) is 0 Å². The first-order valence-corrected chi connectivity index (χ1v) is 6.92. The zero-order valence-corrected chi connectivity index (χ0v) is 11.6. The van der Waals surface area contributed by atoms with Gasteiger partial charge in [-0.2, -0.15) is 10.4 Å². The number of nitrogens with one attached hydrogen (secondary N) is 2. The minimum absolute atomic E-state index is 0.301. The van der Waals surface area contributed by atoms with Crippen LogP contribution in [0.15, 0.2) is 36.5 Å². The molecule has 1 aliphatic carbocycles. The lowest BCUT2D eigenvalue weighted by molar-refractivity contribution is 0.225. The van der Waals surface area contributed by atoms with E-state index in [-0.39, 0.29) is 5.41 Å². The van der Waals surface area contributed by atoms with Crippen LogP contribution in [-0.4, -0.2) is 16.2 Å². The van der Waals surface area contributed by atoms with Gasteiger partial charge < -0.3 is 5.32 Å². The summed E-state index contributed by atoms with van der Waals surface area (Å²) in [5.41, 5.74) is 3.13. The maximum Gasteiger partial charge on any atom is 0.0852 e. The molecule has 0 unspecified atom stereocenters. The first kappa shape index (κ1) is 12.9. The highest BCUT2D eigenvalue weighted by atomic mass is 15.1. The Bertz CT molecular complexity index is 617. The van der Waals surface area contributed by atoms with Gasteiger partial charge in [-0.1, -0.05) is 30.3 Å². The fourth-order valence-corrected chi connectivity index (χ4v) is 2.88. The van der Waals surface area contributed by atoms with Crippen LogP contribution < -0.4 is 5.32 Å². The first-order valence-electron chi connectivity index (χ1n) is 6.92. The van der Waals surface area contributed by atoms with Crippen LogP contribution >= 0.6 is 0 Å². The molecule has 20 heavy (non-hydrogen) atoms. The molecule has 0 aliphatic heterocycles. The molecule has 1 saturated carbocycles. The summed E-state index contributed by atoms with van der Waals surface area (Å²) in [4.78, 5) is 0. The highest BCUT2D eigenvalue weighted by Gasteiger charge is 2.45. The molecule has 0 saturated heterocycles. The molecule has 2 N–H and O–H groups in total. The van der Waals surface area contributed by atoms with E-state index in [2.05, 4.69) is 33.7 Å². The third-order valence-corrected chi connectivity index (χ3v) is 4.25. The molecule has 1 aromatic carbocycles. The van der Waals surface area contributed by atoms with E-state index in [0.717, 1.165) is 30.6 Å². The molecule has 4 heteroatoms. The van der Waals surface area contributed by atoms with Gasteiger partial charge in [-0.25, -0.2) is 0 Å². The van der Waals surface area contributed by atoms with Gasteiger partial charge in [0.1, 0.15) is 0 Å². The Morgan fingerprint density at radius 3 is 2.75 bits per heavy atom. The third-order valence-electron chi connectivity index (χ3n) is 4.25. The summed E-state index contributed by atoms with van der Waals surface area (Å²) in [7, 11) is 0. The molecule has 1 fully saturated rings.